The van der Waals surface area contributed by atoms with Crippen LogP contribution in [-0.4, -0.2) is 36.1 Å². The monoisotopic (exact) mass is 435 g/mol. The van der Waals surface area contributed by atoms with Crippen molar-refractivity contribution in [3.8, 4) is 22.8 Å². The van der Waals surface area contributed by atoms with Gasteiger partial charge in [-0.1, -0.05) is 36.4 Å². The molecule has 8 heteroatoms. The first-order valence-corrected chi connectivity index (χ1v) is 10.5. The molecule has 2 heterocycles. The highest BCUT2D eigenvalue weighted by Crippen LogP contribution is 2.27. The third-order valence-corrected chi connectivity index (χ3v) is 5.75. The number of benzene rings is 2. The van der Waals surface area contributed by atoms with Crippen LogP contribution in [0.25, 0.3) is 16.2 Å². The van der Waals surface area contributed by atoms with E-state index in [9.17, 15) is 9.59 Å². The molecular formula is C23H21N3O4S. The number of hydrogen-bond acceptors (Lipinski definition) is 6. The highest BCUT2D eigenvalue weighted by atomic mass is 32.1. The summed E-state index contributed by atoms with van der Waals surface area (Å²) in [5.74, 6) is 0.829. The summed E-state index contributed by atoms with van der Waals surface area (Å²) in [6.07, 6.45) is 1.92. The Bertz CT molecular complexity index is 1280. The molecule has 1 amide bonds. The summed E-state index contributed by atoms with van der Waals surface area (Å²) in [7, 11) is 3.16. The van der Waals surface area contributed by atoms with Gasteiger partial charge in [-0.05, 0) is 29.7 Å². The van der Waals surface area contributed by atoms with Crippen LogP contribution in [0.4, 0.5) is 0 Å². The molecule has 158 valence electrons. The minimum atomic E-state index is -0.447. The summed E-state index contributed by atoms with van der Waals surface area (Å²) in [6.45, 7) is 0.367. The molecule has 0 spiro atoms. The van der Waals surface area contributed by atoms with Crippen LogP contribution in [0.15, 0.2) is 64.9 Å². The molecule has 0 unspecified atom stereocenters. The third kappa shape index (κ3) is 4.15. The number of ether oxygens (including phenoxy) is 2. The number of hydrogen-bond donors (Lipinski definition) is 1. The van der Waals surface area contributed by atoms with Gasteiger partial charge in [0.15, 0.2) is 16.5 Å². The van der Waals surface area contributed by atoms with Gasteiger partial charge in [-0.3, -0.25) is 14.0 Å². The quantitative estimate of drug-likeness (QED) is 0.481. The molecule has 0 saturated heterocycles. The van der Waals surface area contributed by atoms with Crippen molar-refractivity contribution in [1.82, 2.24) is 14.7 Å². The first kappa shape index (κ1) is 20.6. The maximum atomic E-state index is 13.1. The van der Waals surface area contributed by atoms with Gasteiger partial charge in [0, 0.05) is 18.1 Å². The van der Waals surface area contributed by atoms with Crippen LogP contribution < -0.4 is 20.3 Å². The molecule has 0 radical (unpaired) electrons. The molecule has 0 bridgehead atoms. The van der Waals surface area contributed by atoms with Crippen LogP contribution >= 0.6 is 11.3 Å². The fourth-order valence-corrected chi connectivity index (χ4v) is 4.17. The molecule has 0 fully saturated rings. The Kier molecular flexibility index (Phi) is 5.99. The Balaban J connectivity index is 1.52. The average Bonchev–Trinajstić information content (AvgIpc) is 3.25. The van der Waals surface area contributed by atoms with Crippen molar-refractivity contribution in [2.75, 3.05) is 20.8 Å². The molecule has 0 aliphatic rings. The predicted octanol–water partition coefficient (Wildman–Crippen LogP) is 3.41. The van der Waals surface area contributed by atoms with Crippen LogP contribution in [0.2, 0.25) is 0 Å². The fourth-order valence-electron chi connectivity index (χ4n) is 3.31. The van der Waals surface area contributed by atoms with Crippen molar-refractivity contribution >= 4 is 22.2 Å². The van der Waals surface area contributed by atoms with E-state index in [1.165, 1.54) is 21.9 Å². The summed E-state index contributed by atoms with van der Waals surface area (Å²) in [5, 5.41) is 4.68. The molecule has 0 saturated carbocycles. The van der Waals surface area contributed by atoms with E-state index in [1.807, 2.05) is 53.9 Å². The Morgan fingerprint density at radius 2 is 1.87 bits per heavy atom. The number of carbonyl (C=O) groups is 1. The Labute approximate surface area is 182 Å². The first-order valence-electron chi connectivity index (χ1n) is 9.66. The van der Waals surface area contributed by atoms with Gasteiger partial charge in [-0.25, -0.2) is 4.98 Å². The summed E-state index contributed by atoms with van der Waals surface area (Å²) in [5.41, 5.74) is 2.23. The first-order chi connectivity index (χ1) is 15.1. The van der Waals surface area contributed by atoms with Crippen molar-refractivity contribution in [3.63, 3.8) is 0 Å². The van der Waals surface area contributed by atoms with E-state index in [0.29, 0.717) is 29.4 Å². The number of rotatable bonds is 7. The van der Waals surface area contributed by atoms with Crippen LogP contribution in [0.5, 0.6) is 11.5 Å². The lowest BCUT2D eigenvalue weighted by molar-refractivity contribution is 0.0952. The van der Waals surface area contributed by atoms with Crippen molar-refractivity contribution in [3.05, 3.63) is 81.6 Å². The molecule has 0 atom stereocenters. The summed E-state index contributed by atoms with van der Waals surface area (Å²) < 4.78 is 12.0. The van der Waals surface area contributed by atoms with Gasteiger partial charge in [0.25, 0.3) is 11.5 Å². The van der Waals surface area contributed by atoms with Crippen LogP contribution in [0, 0.1) is 0 Å². The highest BCUT2D eigenvalue weighted by molar-refractivity contribution is 7.15. The van der Waals surface area contributed by atoms with E-state index in [-0.39, 0.29) is 11.1 Å². The zero-order valence-electron chi connectivity index (χ0n) is 17.1. The molecule has 4 aromatic rings. The number of thiazole rings is 1. The van der Waals surface area contributed by atoms with E-state index in [0.717, 1.165) is 16.8 Å². The van der Waals surface area contributed by atoms with Gasteiger partial charge < -0.3 is 14.8 Å². The van der Waals surface area contributed by atoms with Gasteiger partial charge in [0.1, 0.15) is 5.56 Å². The third-order valence-electron chi connectivity index (χ3n) is 4.91. The number of nitrogens with one attached hydrogen (secondary N) is 1. The van der Waals surface area contributed by atoms with Crippen molar-refractivity contribution < 1.29 is 14.3 Å². The summed E-state index contributed by atoms with van der Waals surface area (Å²) in [6, 6.07) is 15.2. The summed E-state index contributed by atoms with van der Waals surface area (Å²) >= 11 is 1.36. The molecule has 2 aromatic carbocycles. The van der Waals surface area contributed by atoms with Crippen LogP contribution in [-0.2, 0) is 6.42 Å². The molecule has 4 rings (SSSR count). The summed E-state index contributed by atoms with van der Waals surface area (Å²) in [4.78, 5) is 30.6. The lowest BCUT2D eigenvalue weighted by Crippen LogP contribution is -2.32. The van der Waals surface area contributed by atoms with Crippen LogP contribution in [0.3, 0.4) is 0 Å². The normalized spacial score (nSPS) is 10.8. The second kappa shape index (κ2) is 9.01. The molecule has 2 aromatic heterocycles. The lowest BCUT2D eigenvalue weighted by Gasteiger charge is -2.10. The largest absolute Gasteiger partial charge is 0.493 e. The van der Waals surface area contributed by atoms with Gasteiger partial charge in [0.2, 0.25) is 0 Å². The maximum absolute atomic E-state index is 13.1. The fraction of sp³-hybridized carbons (Fsp3) is 0.174. The number of methoxy groups -OCH3 is 2. The molecule has 0 aliphatic heterocycles. The van der Waals surface area contributed by atoms with Gasteiger partial charge in [-0.2, -0.15) is 0 Å². The smallest absolute Gasteiger partial charge is 0.271 e. The molecule has 7 nitrogen and oxygen atoms in total. The zero-order chi connectivity index (χ0) is 21.8. The maximum Gasteiger partial charge on any atom is 0.271 e. The van der Waals surface area contributed by atoms with Gasteiger partial charge >= 0.3 is 0 Å². The zero-order valence-corrected chi connectivity index (χ0v) is 17.9. The minimum absolute atomic E-state index is 0.0143. The van der Waals surface area contributed by atoms with E-state index < -0.39 is 5.91 Å². The van der Waals surface area contributed by atoms with E-state index >= 15 is 0 Å². The number of carbonyl (C=O) groups excluding carboxylic acids is 1. The van der Waals surface area contributed by atoms with Crippen molar-refractivity contribution in [2.24, 2.45) is 0 Å². The molecule has 0 aliphatic carbocycles. The number of nitrogens with zero attached hydrogens (tertiary/aromatic N) is 2. The number of amides is 1. The molecular weight excluding hydrogens is 414 g/mol. The van der Waals surface area contributed by atoms with E-state index in [4.69, 9.17) is 9.47 Å². The number of fused-ring (bicyclic) bond motifs is 1. The molecule has 31 heavy (non-hydrogen) atoms. The Morgan fingerprint density at radius 3 is 2.61 bits per heavy atom. The lowest BCUT2D eigenvalue weighted by atomic mass is 10.1. The Hall–Kier alpha value is -3.65. The van der Waals surface area contributed by atoms with Crippen molar-refractivity contribution in [1.29, 1.82) is 0 Å². The molecule has 1 N–H and O–H groups in total. The van der Waals surface area contributed by atoms with E-state index in [1.54, 1.807) is 14.2 Å². The number of aromatic nitrogens is 2. The van der Waals surface area contributed by atoms with E-state index in [2.05, 4.69) is 10.3 Å². The highest BCUT2D eigenvalue weighted by Gasteiger charge is 2.17. The Morgan fingerprint density at radius 1 is 1.10 bits per heavy atom. The van der Waals surface area contributed by atoms with Gasteiger partial charge in [0.05, 0.1) is 19.9 Å². The average molecular weight is 436 g/mol. The van der Waals surface area contributed by atoms with Crippen molar-refractivity contribution in [2.45, 2.75) is 6.42 Å². The SMILES string of the molecule is COc1ccc(CCNC(=O)c2cnc3scc(-c4ccccc4)n3c2=O)cc1OC. The topological polar surface area (TPSA) is 81.9 Å². The second-order valence-corrected chi connectivity index (χ2v) is 7.61. The van der Waals surface area contributed by atoms with Crippen LogP contribution in [0.1, 0.15) is 15.9 Å². The van der Waals surface area contributed by atoms with Gasteiger partial charge in [-0.15, -0.1) is 11.3 Å². The minimum Gasteiger partial charge on any atom is -0.493 e. The second-order valence-electron chi connectivity index (χ2n) is 6.78. The standard InChI is InChI=1S/C23H21N3O4S/c1-29-19-9-8-15(12-20(19)30-2)10-11-24-21(27)17-13-25-23-26(22(17)28)18(14-31-23)16-6-4-3-5-7-16/h3-9,12-14H,10-11H2,1-2H3,(H,24,27). The predicted molar refractivity (Wildman–Crippen MR) is 120 cm³/mol.